The number of halogens is 2. The second-order valence-corrected chi connectivity index (χ2v) is 8.07. The highest BCUT2D eigenvalue weighted by atomic mass is 79.9. The van der Waals surface area contributed by atoms with Crippen LogP contribution in [0.1, 0.15) is 52.0 Å². The van der Waals surface area contributed by atoms with Gasteiger partial charge in [0.2, 0.25) is 0 Å². The summed E-state index contributed by atoms with van der Waals surface area (Å²) in [5.74, 6) is -0.485. The number of alkyl carbamates (subject to hydrolysis) is 1. The molecule has 1 fully saturated rings. The molecule has 5 nitrogen and oxygen atoms in total. The fourth-order valence-electron chi connectivity index (χ4n) is 2.88. The van der Waals surface area contributed by atoms with Crippen LogP contribution in [0.2, 0.25) is 0 Å². The Kier molecular flexibility index (Phi) is 6.28. The molecule has 0 aromatic heterocycles. The molecule has 25 heavy (non-hydrogen) atoms. The predicted molar refractivity (Wildman–Crippen MR) is 97.9 cm³/mol. The molecule has 2 N–H and O–H groups in total. The highest BCUT2D eigenvalue weighted by Crippen LogP contribution is 2.28. The number of carbonyl (C=O) groups excluding carboxylic acids is 1. The Morgan fingerprint density at radius 2 is 1.96 bits per heavy atom. The average Bonchev–Trinajstić information content (AvgIpc) is 2.50. The first-order valence-electron chi connectivity index (χ1n) is 8.35. The lowest BCUT2D eigenvalue weighted by molar-refractivity contribution is 0.0488. The fraction of sp³-hybridized carbons (Fsp3) is 0.556. The molecule has 1 aromatic carbocycles. The molecule has 0 radical (unpaired) electrons. The van der Waals surface area contributed by atoms with Gasteiger partial charge in [-0.2, -0.15) is 5.26 Å². The molecule has 0 saturated heterocycles. The van der Waals surface area contributed by atoms with Crippen molar-refractivity contribution in [3.8, 4) is 6.07 Å². The van der Waals surface area contributed by atoms with Gasteiger partial charge in [-0.1, -0.05) is 12.8 Å². The molecular formula is C18H23BrFN3O2. The van der Waals surface area contributed by atoms with Crippen LogP contribution in [0.25, 0.3) is 0 Å². The average molecular weight is 412 g/mol. The Balaban J connectivity index is 2.10. The van der Waals surface area contributed by atoms with Crippen molar-refractivity contribution in [1.82, 2.24) is 5.32 Å². The van der Waals surface area contributed by atoms with E-state index in [4.69, 9.17) is 10.00 Å². The Bertz CT molecular complexity index is 682. The van der Waals surface area contributed by atoms with Gasteiger partial charge in [0.15, 0.2) is 0 Å². The van der Waals surface area contributed by atoms with Crippen molar-refractivity contribution < 1.29 is 13.9 Å². The number of rotatable bonds is 3. The van der Waals surface area contributed by atoms with E-state index < -0.39 is 17.5 Å². The summed E-state index contributed by atoms with van der Waals surface area (Å²) in [5.41, 5.74) is -0.00456. The Hall–Kier alpha value is -1.81. The lowest BCUT2D eigenvalue weighted by atomic mass is 9.90. The van der Waals surface area contributed by atoms with Gasteiger partial charge in [0.1, 0.15) is 17.5 Å². The highest BCUT2D eigenvalue weighted by molar-refractivity contribution is 9.10. The number of nitrogens with one attached hydrogen (secondary N) is 2. The van der Waals surface area contributed by atoms with E-state index in [0.717, 1.165) is 25.7 Å². The van der Waals surface area contributed by atoms with Gasteiger partial charge in [0, 0.05) is 10.5 Å². The number of ether oxygens (including phenoxy) is 1. The number of hydrogen-bond acceptors (Lipinski definition) is 4. The van der Waals surface area contributed by atoms with Crippen LogP contribution in [0.4, 0.5) is 14.9 Å². The Morgan fingerprint density at radius 3 is 2.56 bits per heavy atom. The third-order valence-corrected chi connectivity index (χ3v) is 4.64. The molecule has 0 aliphatic heterocycles. The molecule has 2 rings (SSSR count). The number of amides is 1. The van der Waals surface area contributed by atoms with Crippen LogP contribution >= 0.6 is 15.9 Å². The quantitative estimate of drug-likeness (QED) is 0.754. The number of nitrogens with zero attached hydrogens (tertiary/aromatic N) is 1. The summed E-state index contributed by atoms with van der Waals surface area (Å²) in [4.78, 5) is 12.1. The first-order chi connectivity index (χ1) is 11.7. The van der Waals surface area contributed by atoms with Gasteiger partial charge < -0.3 is 15.4 Å². The summed E-state index contributed by atoms with van der Waals surface area (Å²) >= 11 is 3.28. The minimum Gasteiger partial charge on any atom is -0.444 e. The van der Waals surface area contributed by atoms with Crippen LogP contribution in [-0.2, 0) is 4.74 Å². The molecule has 0 bridgehead atoms. The number of carbonyl (C=O) groups is 1. The summed E-state index contributed by atoms with van der Waals surface area (Å²) in [6, 6.07) is 4.46. The molecule has 1 amide bonds. The van der Waals surface area contributed by atoms with Gasteiger partial charge in [0.05, 0.1) is 17.3 Å². The first kappa shape index (κ1) is 19.5. The van der Waals surface area contributed by atoms with Crippen molar-refractivity contribution >= 4 is 27.7 Å². The van der Waals surface area contributed by atoms with Gasteiger partial charge in [-0.3, -0.25) is 0 Å². The summed E-state index contributed by atoms with van der Waals surface area (Å²) in [6.45, 7) is 5.44. The molecule has 1 unspecified atom stereocenters. The topological polar surface area (TPSA) is 74.2 Å². The molecule has 2 atom stereocenters. The standard InChI is InChI=1S/C18H23BrFN3O2/c1-18(2,3)25-17(24)23-15-7-5-4-6-14(15)22-16-9-12(19)11(10-21)8-13(16)20/h8-9,14-15,22H,4-7H2,1-3H3,(H,23,24)/t14?,15-/m0/s1. The van der Waals surface area contributed by atoms with Gasteiger partial charge in [-0.05, 0) is 61.7 Å². The maximum Gasteiger partial charge on any atom is 0.407 e. The van der Waals surface area contributed by atoms with E-state index >= 15 is 0 Å². The normalized spacial score (nSPS) is 20.5. The van der Waals surface area contributed by atoms with Crippen LogP contribution < -0.4 is 10.6 Å². The Labute approximate surface area is 156 Å². The summed E-state index contributed by atoms with van der Waals surface area (Å²) < 4.78 is 20.1. The lowest BCUT2D eigenvalue weighted by Gasteiger charge is -2.34. The molecule has 1 aromatic rings. The minimum atomic E-state index is -0.564. The molecule has 1 aliphatic carbocycles. The summed E-state index contributed by atoms with van der Waals surface area (Å²) in [6.07, 6.45) is 3.15. The minimum absolute atomic E-state index is 0.101. The van der Waals surface area contributed by atoms with Crippen molar-refractivity contribution in [3.05, 3.63) is 28.0 Å². The van der Waals surface area contributed by atoms with Gasteiger partial charge in [-0.25, -0.2) is 9.18 Å². The molecule has 1 saturated carbocycles. The second kappa shape index (κ2) is 8.05. The lowest BCUT2D eigenvalue weighted by Crippen LogP contribution is -2.49. The van der Waals surface area contributed by atoms with E-state index in [2.05, 4.69) is 26.6 Å². The zero-order valence-corrected chi connectivity index (χ0v) is 16.2. The molecule has 1 aliphatic rings. The third kappa shape index (κ3) is 5.60. The predicted octanol–water partition coefficient (Wildman–Crippen LogP) is 4.71. The molecule has 0 spiro atoms. The van der Waals surface area contributed by atoms with Crippen molar-refractivity contribution in [1.29, 1.82) is 5.26 Å². The zero-order valence-electron chi connectivity index (χ0n) is 14.7. The monoisotopic (exact) mass is 411 g/mol. The fourth-order valence-corrected chi connectivity index (χ4v) is 3.31. The van der Waals surface area contributed by atoms with E-state index in [-0.39, 0.29) is 17.6 Å². The van der Waals surface area contributed by atoms with Crippen molar-refractivity contribution in [2.75, 3.05) is 5.32 Å². The smallest absolute Gasteiger partial charge is 0.407 e. The van der Waals surface area contributed by atoms with E-state index in [1.807, 2.05) is 26.8 Å². The van der Waals surface area contributed by atoms with E-state index in [0.29, 0.717) is 10.2 Å². The SMILES string of the molecule is CC(C)(C)OC(=O)N[C@H]1CCCCC1Nc1cc(Br)c(C#N)cc1F. The molecule has 0 heterocycles. The largest absolute Gasteiger partial charge is 0.444 e. The van der Waals surface area contributed by atoms with Crippen molar-refractivity contribution in [2.45, 2.75) is 64.1 Å². The van der Waals surface area contributed by atoms with E-state index in [1.165, 1.54) is 6.07 Å². The van der Waals surface area contributed by atoms with Crippen LogP contribution in [0, 0.1) is 17.1 Å². The zero-order chi connectivity index (χ0) is 18.6. The van der Waals surface area contributed by atoms with Crippen molar-refractivity contribution in [2.24, 2.45) is 0 Å². The molecule has 136 valence electrons. The van der Waals surface area contributed by atoms with Crippen LogP contribution in [-0.4, -0.2) is 23.8 Å². The van der Waals surface area contributed by atoms with Crippen LogP contribution in [0.5, 0.6) is 0 Å². The number of benzene rings is 1. The van der Waals surface area contributed by atoms with Gasteiger partial charge >= 0.3 is 6.09 Å². The second-order valence-electron chi connectivity index (χ2n) is 7.21. The third-order valence-electron chi connectivity index (χ3n) is 3.99. The molecular weight excluding hydrogens is 389 g/mol. The van der Waals surface area contributed by atoms with E-state index in [9.17, 15) is 9.18 Å². The van der Waals surface area contributed by atoms with Gasteiger partial charge in [0.25, 0.3) is 0 Å². The maximum absolute atomic E-state index is 14.2. The van der Waals surface area contributed by atoms with Crippen LogP contribution in [0.15, 0.2) is 16.6 Å². The highest BCUT2D eigenvalue weighted by Gasteiger charge is 2.29. The first-order valence-corrected chi connectivity index (χ1v) is 9.14. The van der Waals surface area contributed by atoms with Crippen molar-refractivity contribution in [3.63, 3.8) is 0 Å². The van der Waals surface area contributed by atoms with Crippen LogP contribution in [0.3, 0.4) is 0 Å². The maximum atomic E-state index is 14.2. The Morgan fingerprint density at radius 1 is 1.32 bits per heavy atom. The van der Waals surface area contributed by atoms with Gasteiger partial charge in [-0.15, -0.1) is 0 Å². The molecule has 7 heteroatoms. The number of anilines is 1. The number of nitriles is 1. The summed E-state index contributed by atoms with van der Waals surface area (Å²) in [5, 5.41) is 15.0. The summed E-state index contributed by atoms with van der Waals surface area (Å²) in [7, 11) is 0. The number of hydrogen-bond donors (Lipinski definition) is 2. The van der Waals surface area contributed by atoms with E-state index in [1.54, 1.807) is 6.07 Å².